The van der Waals surface area contributed by atoms with Crippen LogP contribution < -0.4 is 5.32 Å². The lowest BCUT2D eigenvalue weighted by atomic mass is 9.74. The molecule has 3 heterocycles. The van der Waals surface area contributed by atoms with Crippen LogP contribution in [0.5, 0.6) is 0 Å². The molecule has 0 spiro atoms. The van der Waals surface area contributed by atoms with E-state index in [9.17, 15) is 4.79 Å². The van der Waals surface area contributed by atoms with Gasteiger partial charge < -0.3 is 15.0 Å². The first kappa shape index (κ1) is 22.4. The molecule has 1 aromatic carbocycles. The second kappa shape index (κ2) is 10.2. The van der Waals surface area contributed by atoms with Crippen molar-refractivity contribution in [3.63, 3.8) is 0 Å². The Labute approximate surface area is 190 Å². The SMILES string of the molecule is Cc1cnc(CCNC(=O)C2(Cc3cccc([C@H]4CCCN(C)C4)c3)CCOCC2)s1. The lowest BCUT2D eigenvalue weighted by Crippen LogP contribution is -2.46. The van der Waals surface area contributed by atoms with E-state index in [2.05, 4.69) is 53.4 Å². The van der Waals surface area contributed by atoms with Crippen molar-refractivity contribution >= 4 is 17.2 Å². The Morgan fingerprint density at radius 3 is 2.94 bits per heavy atom. The van der Waals surface area contributed by atoms with E-state index in [0.717, 1.165) is 37.2 Å². The fourth-order valence-corrected chi connectivity index (χ4v) is 5.81. The number of likely N-dealkylation sites (tertiary alicyclic amines) is 1. The summed E-state index contributed by atoms with van der Waals surface area (Å²) < 4.78 is 5.63. The van der Waals surface area contributed by atoms with E-state index < -0.39 is 0 Å². The largest absolute Gasteiger partial charge is 0.381 e. The number of likely N-dealkylation sites (N-methyl/N-ethyl adjacent to an activating group) is 1. The summed E-state index contributed by atoms with van der Waals surface area (Å²) >= 11 is 1.71. The minimum absolute atomic E-state index is 0.173. The third-order valence-corrected chi connectivity index (χ3v) is 7.79. The van der Waals surface area contributed by atoms with Crippen LogP contribution in [-0.2, 0) is 22.4 Å². The number of nitrogens with zero attached hydrogens (tertiary/aromatic N) is 2. The Hall–Kier alpha value is -1.76. The Kier molecular flexibility index (Phi) is 7.41. The number of hydrogen-bond donors (Lipinski definition) is 1. The summed E-state index contributed by atoms with van der Waals surface area (Å²) in [6, 6.07) is 8.99. The van der Waals surface area contributed by atoms with Gasteiger partial charge in [-0.15, -0.1) is 11.3 Å². The van der Waals surface area contributed by atoms with Gasteiger partial charge in [0.15, 0.2) is 0 Å². The van der Waals surface area contributed by atoms with Crippen molar-refractivity contribution in [3.05, 3.63) is 51.5 Å². The molecule has 168 valence electrons. The molecule has 0 bridgehead atoms. The summed E-state index contributed by atoms with van der Waals surface area (Å²) in [7, 11) is 2.21. The van der Waals surface area contributed by atoms with E-state index in [-0.39, 0.29) is 11.3 Å². The highest BCUT2D eigenvalue weighted by Crippen LogP contribution is 2.36. The van der Waals surface area contributed by atoms with Gasteiger partial charge in [-0.2, -0.15) is 0 Å². The van der Waals surface area contributed by atoms with Gasteiger partial charge in [-0.1, -0.05) is 24.3 Å². The number of ether oxygens (including phenoxy) is 1. The molecule has 1 amide bonds. The molecule has 0 unspecified atom stereocenters. The maximum Gasteiger partial charge on any atom is 0.226 e. The van der Waals surface area contributed by atoms with Crippen LogP contribution in [0.15, 0.2) is 30.5 Å². The fourth-order valence-electron chi connectivity index (χ4n) is 5.02. The maximum absolute atomic E-state index is 13.4. The number of aryl methyl sites for hydroxylation is 1. The van der Waals surface area contributed by atoms with Crippen molar-refractivity contribution in [1.82, 2.24) is 15.2 Å². The number of aromatic nitrogens is 1. The molecule has 2 saturated heterocycles. The molecule has 1 aromatic heterocycles. The zero-order valence-electron chi connectivity index (χ0n) is 18.9. The normalized spacial score (nSPS) is 21.7. The molecule has 2 fully saturated rings. The zero-order valence-corrected chi connectivity index (χ0v) is 19.7. The Morgan fingerprint density at radius 1 is 1.35 bits per heavy atom. The molecular formula is C25H35N3O2S. The Morgan fingerprint density at radius 2 is 2.19 bits per heavy atom. The van der Waals surface area contributed by atoms with Crippen LogP contribution in [0, 0.1) is 12.3 Å². The van der Waals surface area contributed by atoms with Crippen molar-refractivity contribution in [2.45, 2.75) is 51.4 Å². The number of carbonyl (C=O) groups excluding carboxylic acids is 1. The number of rotatable bonds is 7. The molecule has 4 rings (SSSR count). The number of hydrogen-bond acceptors (Lipinski definition) is 5. The van der Waals surface area contributed by atoms with Crippen LogP contribution in [0.3, 0.4) is 0 Å². The molecule has 2 aromatic rings. The van der Waals surface area contributed by atoms with Gasteiger partial charge in [0, 0.05) is 43.8 Å². The van der Waals surface area contributed by atoms with Crippen LogP contribution in [-0.4, -0.2) is 55.7 Å². The second-order valence-corrected chi connectivity index (χ2v) is 10.6. The maximum atomic E-state index is 13.4. The van der Waals surface area contributed by atoms with Crippen molar-refractivity contribution in [2.75, 3.05) is 39.9 Å². The van der Waals surface area contributed by atoms with Crippen LogP contribution in [0.1, 0.15) is 52.6 Å². The van der Waals surface area contributed by atoms with E-state index in [1.165, 1.54) is 35.4 Å². The summed E-state index contributed by atoms with van der Waals surface area (Å²) in [5.41, 5.74) is 2.32. The highest BCUT2D eigenvalue weighted by molar-refractivity contribution is 7.11. The van der Waals surface area contributed by atoms with E-state index in [1.54, 1.807) is 11.3 Å². The molecular weight excluding hydrogens is 406 g/mol. The number of amides is 1. The lowest BCUT2D eigenvalue weighted by Gasteiger charge is -2.36. The van der Waals surface area contributed by atoms with Crippen LogP contribution in [0.4, 0.5) is 0 Å². The van der Waals surface area contributed by atoms with Crippen LogP contribution in [0.2, 0.25) is 0 Å². The van der Waals surface area contributed by atoms with Gasteiger partial charge in [0.2, 0.25) is 5.91 Å². The number of carbonyl (C=O) groups is 1. The number of thiazole rings is 1. The topological polar surface area (TPSA) is 54.5 Å². The van der Waals surface area contributed by atoms with Gasteiger partial charge in [-0.05, 0) is 69.7 Å². The van der Waals surface area contributed by atoms with E-state index in [0.29, 0.717) is 25.7 Å². The smallest absolute Gasteiger partial charge is 0.226 e. The van der Waals surface area contributed by atoms with Crippen molar-refractivity contribution in [3.8, 4) is 0 Å². The average Bonchev–Trinajstić information content (AvgIpc) is 3.19. The standard InChI is InChI=1S/C25H35N3O2S/c1-19-17-27-23(31-19)8-11-26-24(29)25(9-13-30-14-10-25)16-20-5-3-6-21(15-20)22-7-4-12-28(2)18-22/h3,5-6,15,17,22H,4,7-14,16,18H2,1-2H3,(H,26,29)/t22-/m0/s1. The highest BCUT2D eigenvalue weighted by Gasteiger charge is 2.40. The first-order chi connectivity index (χ1) is 15.0. The molecule has 2 aliphatic heterocycles. The number of piperidine rings is 1. The number of nitrogens with one attached hydrogen (secondary N) is 1. The van der Waals surface area contributed by atoms with Crippen LogP contribution in [0.25, 0.3) is 0 Å². The lowest BCUT2D eigenvalue weighted by molar-refractivity contribution is -0.136. The third kappa shape index (κ3) is 5.73. The molecule has 0 saturated carbocycles. The van der Waals surface area contributed by atoms with Crippen molar-refractivity contribution in [1.29, 1.82) is 0 Å². The quantitative estimate of drug-likeness (QED) is 0.707. The minimum Gasteiger partial charge on any atom is -0.381 e. The summed E-state index contributed by atoms with van der Waals surface area (Å²) in [4.78, 5) is 21.4. The molecule has 0 radical (unpaired) electrons. The van der Waals surface area contributed by atoms with E-state index >= 15 is 0 Å². The predicted octanol–water partition coefficient (Wildman–Crippen LogP) is 3.96. The van der Waals surface area contributed by atoms with Crippen molar-refractivity contribution < 1.29 is 9.53 Å². The molecule has 1 N–H and O–H groups in total. The van der Waals surface area contributed by atoms with E-state index in [4.69, 9.17) is 4.74 Å². The van der Waals surface area contributed by atoms with Gasteiger partial charge in [0.1, 0.15) is 0 Å². The summed E-state index contributed by atoms with van der Waals surface area (Å²) in [6.07, 6.45) is 7.56. The van der Waals surface area contributed by atoms with Gasteiger partial charge >= 0.3 is 0 Å². The summed E-state index contributed by atoms with van der Waals surface area (Å²) in [6.45, 7) is 6.34. The first-order valence-electron chi connectivity index (χ1n) is 11.6. The molecule has 1 atom stereocenters. The highest BCUT2D eigenvalue weighted by atomic mass is 32.1. The van der Waals surface area contributed by atoms with Crippen molar-refractivity contribution in [2.24, 2.45) is 5.41 Å². The fraction of sp³-hybridized carbons (Fsp3) is 0.600. The molecule has 0 aliphatic carbocycles. The average molecular weight is 442 g/mol. The first-order valence-corrected chi connectivity index (χ1v) is 12.4. The zero-order chi connectivity index (χ0) is 21.7. The van der Waals surface area contributed by atoms with Gasteiger partial charge in [0.05, 0.1) is 10.4 Å². The minimum atomic E-state index is -0.376. The summed E-state index contributed by atoms with van der Waals surface area (Å²) in [5, 5.41) is 4.31. The Bertz CT molecular complexity index is 875. The Balaban J connectivity index is 1.43. The van der Waals surface area contributed by atoms with Crippen LogP contribution >= 0.6 is 11.3 Å². The van der Waals surface area contributed by atoms with Gasteiger partial charge in [0.25, 0.3) is 0 Å². The molecule has 2 aliphatic rings. The predicted molar refractivity (Wildman–Crippen MR) is 126 cm³/mol. The second-order valence-electron chi connectivity index (χ2n) is 9.29. The van der Waals surface area contributed by atoms with Gasteiger partial charge in [-0.25, -0.2) is 4.98 Å². The molecule has 6 heteroatoms. The summed E-state index contributed by atoms with van der Waals surface area (Å²) in [5.74, 6) is 0.770. The van der Waals surface area contributed by atoms with E-state index in [1.807, 2.05) is 6.20 Å². The monoisotopic (exact) mass is 441 g/mol. The molecule has 5 nitrogen and oxygen atoms in total. The molecule has 31 heavy (non-hydrogen) atoms. The number of benzene rings is 1. The van der Waals surface area contributed by atoms with Gasteiger partial charge in [-0.3, -0.25) is 4.79 Å². The third-order valence-electron chi connectivity index (χ3n) is 6.81.